The predicted octanol–water partition coefficient (Wildman–Crippen LogP) is 3.91. The van der Waals surface area contributed by atoms with Crippen molar-refractivity contribution >= 4 is 17.2 Å². The van der Waals surface area contributed by atoms with E-state index in [2.05, 4.69) is 40.6 Å². The second-order valence-corrected chi connectivity index (χ2v) is 6.38. The van der Waals surface area contributed by atoms with Crippen molar-refractivity contribution in [1.82, 2.24) is 10.3 Å². The minimum absolute atomic E-state index is 0.627. The normalized spacial score (nSPS) is 10.4. The van der Waals surface area contributed by atoms with Crippen molar-refractivity contribution in [2.75, 3.05) is 20.1 Å². The third-order valence-electron chi connectivity index (χ3n) is 4.22. The van der Waals surface area contributed by atoms with E-state index in [1.54, 1.807) is 0 Å². The Labute approximate surface area is 155 Å². The van der Waals surface area contributed by atoms with Gasteiger partial charge in [0.15, 0.2) is 6.29 Å². The Hall–Kier alpha value is -2.43. The number of nitrogens with one attached hydrogen (secondary N) is 2. The topological polar surface area (TPSA) is 70.9 Å². The molecule has 0 aliphatic heterocycles. The molecule has 3 aromatic rings. The van der Waals surface area contributed by atoms with Crippen molar-refractivity contribution in [2.45, 2.75) is 25.7 Å². The second-order valence-electron chi connectivity index (χ2n) is 6.38. The Bertz CT molecular complexity index is 774. The summed E-state index contributed by atoms with van der Waals surface area (Å²) in [6, 6.07) is 18.5. The Morgan fingerprint density at radius 3 is 2.50 bits per heavy atom. The van der Waals surface area contributed by atoms with E-state index in [0.717, 1.165) is 36.7 Å². The molecule has 0 spiro atoms. The van der Waals surface area contributed by atoms with Gasteiger partial charge in [-0.2, -0.15) is 0 Å². The summed E-state index contributed by atoms with van der Waals surface area (Å²) in [7, 11) is 1.97. The molecule has 0 radical (unpaired) electrons. The summed E-state index contributed by atoms with van der Waals surface area (Å²) in [5.41, 5.74) is 9.47. The first-order valence-electron chi connectivity index (χ1n) is 9.22. The number of fused-ring (bicyclic) bond motifs is 1. The number of aldehydes is 1. The standard InChI is InChI=1S/C16H13NO.C6H16N2/c18-11-15-10-14-7-6-13(9-16(14)17-15)8-12-4-2-1-3-5-12;1-8-6-4-2-3-5-7/h1-7,9-11,17H,8H2;8H,2-7H2,1H3. The molecule has 4 nitrogen and oxygen atoms in total. The monoisotopic (exact) mass is 351 g/mol. The van der Waals surface area contributed by atoms with Crippen LogP contribution in [-0.4, -0.2) is 31.4 Å². The van der Waals surface area contributed by atoms with Crippen molar-refractivity contribution < 1.29 is 4.79 Å². The molecule has 0 unspecified atom stereocenters. The number of hydrogen-bond acceptors (Lipinski definition) is 3. The first-order chi connectivity index (χ1) is 12.8. The summed E-state index contributed by atoms with van der Waals surface area (Å²) >= 11 is 0. The van der Waals surface area contributed by atoms with Gasteiger partial charge in [-0.15, -0.1) is 0 Å². The molecule has 138 valence electrons. The Kier molecular flexibility index (Phi) is 8.60. The first-order valence-corrected chi connectivity index (χ1v) is 9.22. The van der Waals surface area contributed by atoms with Gasteiger partial charge < -0.3 is 16.0 Å². The number of aromatic amines is 1. The second kappa shape index (κ2) is 11.2. The first kappa shape index (κ1) is 19.9. The zero-order chi connectivity index (χ0) is 18.6. The molecule has 2 aromatic carbocycles. The highest BCUT2D eigenvalue weighted by molar-refractivity contribution is 5.88. The van der Waals surface area contributed by atoms with E-state index in [1.165, 1.54) is 30.4 Å². The average Bonchev–Trinajstić information content (AvgIpc) is 3.09. The van der Waals surface area contributed by atoms with E-state index in [9.17, 15) is 4.79 Å². The van der Waals surface area contributed by atoms with Crippen LogP contribution in [0.25, 0.3) is 10.9 Å². The highest BCUT2D eigenvalue weighted by atomic mass is 16.1. The maximum Gasteiger partial charge on any atom is 0.166 e. The lowest BCUT2D eigenvalue weighted by molar-refractivity contribution is 0.112. The highest BCUT2D eigenvalue weighted by Gasteiger charge is 2.02. The van der Waals surface area contributed by atoms with Crippen molar-refractivity contribution in [3.05, 3.63) is 71.4 Å². The number of rotatable bonds is 8. The molecule has 0 saturated heterocycles. The van der Waals surface area contributed by atoms with Crippen LogP contribution in [0.3, 0.4) is 0 Å². The Morgan fingerprint density at radius 2 is 1.81 bits per heavy atom. The zero-order valence-electron chi connectivity index (χ0n) is 15.5. The smallest absolute Gasteiger partial charge is 0.166 e. The van der Waals surface area contributed by atoms with E-state index >= 15 is 0 Å². The summed E-state index contributed by atoms with van der Waals surface area (Å²) in [4.78, 5) is 13.8. The van der Waals surface area contributed by atoms with Gasteiger partial charge in [-0.05, 0) is 62.7 Å². The summed E-state index contributed by atoms with van der Waals surface area (Å²) in [6.07, 6.45) is 5.44. The third kappa shape index (κ3) is 6.47. The number of nitrogens with two attached hydrogens (primary N) is 1. The summed E-state index contributed by atoms with van der Waals surface area (Å²) < 4.78 is 0. The van der Waals surface area contributed by atoms with E-state index in [1.807, 2.05) is 31.3 Å². The fourth-order valence-electron chi connectivity index (χ4n) is 2.82. The predicted molar refractivity (Wildman–Crippen MR) is 110 cm³/mol. The van der Waals surface area contributed by atoms with Gasteiger partial charge in [-0.1, -0.05) is 48.9 Å². The zero-order valence-corrected chi connectivity index (χ0v) is 15.5. The van der Waals surface area contributed by atoms with Crippen LogP contribution in [0.2, 0.25) is 0 Å². The Balaban J connectivity index is 0.000000260. The van der Waals surface area contributed by atoms with Crippen LogP contribution in [-0.2, 0) is 6.42 Å². The SMILES string of the molecule is CNCCCCCN.O=Cc1cc2ccc(Cc3ccccc3)cc2[nH]1. The van der Waals surface area contributed by atoms with Gasteiger partial charge in [0.1, 0.15) is 0 Å². The molecule has 0 aliphatic carbocycles. The maximum atomic E-state index is 10.7. The third-order valence-corrected chi connectivity index (χ3v) is 4.22. The molecule has 4 heteroatoms. The minimum Gasteiger partial charge on any atom is -0.352 e. The van der Waals surface area contributed by atoms with Crippen molar-refractivity contribution in [1.29, 1.82) is 0 Å². The molecule has 3 rings (SSSR count). The van der Waals surface area contributed by atoms with Crippen LogP contribution < -0.4 is 11.1 Å². The van der Waals surface area contributed by atoms with E-state index in [-0.39, 0.29) is 0 Å². The van der Waals surface area contributed by atoms with E-state index in [4.69, 9.17) is 5.73 Å². The molecule has 4 N–H and O–H groups in total. The van der Waals surface area contributed by atoms with Gasteiger partial charge in [0.2, 0.25) is 0 Å². The van der Waals surface area contributed by atoms with Gasteiger partial charge in [-0.3, -0.25) is 4.79 Å². The number of aromatic nitrogens is 1. The molecule has 1 aromatic heterocycles. The highest BCUT2D eigenvalue weighted by Crippen LogP contribution is 2.18. The summed E-state index contributed by atoms with van der Waals surface area (Å²) in [5.74, 6) is 0. The Morgan fingerprint density at radius 1 is 1.00 bits per heavy atom. The summed E-state index contributed by atoms with van der Waals surface area (Å²) in [6.45, 7) is 1.96. The fourth-order valence-corrected chi connectivity index (χ4v) is 2.82. The van der Waals surface area contributed by atoms with Crippen molar-refractivity contribution in [2.24, 2.45) is 5.73 Å². The van der Waals surface area contributed by atoms with Crippen LogP contribution in [0, 0.1) is 0 Å². The lowest BCUT2D eigenvalue weighted by Gasteiger charge is -2.01. The molecule has 0 atom stereocenters. The molecule has 0 aliphatic rings. The fraction of sp³-hybridized carbons (Fsp3) is 0.318. The van der Waals surface area contributed by atoms with Crippen molar-refractivity contribution in [3.63, 3.8) is 0 Å². The number of benzene rings is 2. The molecule has 0 saturated carbocycles. The van der Waals surface area contributed by atoms with E-state index < -0.39 is 0 Å². The van der Waals surface area contributed by atoms with Crippen molar-refractivity contribution in [3.8, 4) is 0 Å². The molecule has 0 amide bonds. The maximum absolute atomic E-state index is 10.7. The number of carbonyl (C=O) groups excluding carboxylic acids is 1. The molecule has 1 heterocycles. The van der Waals surface area contributed by atoms with Gasteiger partial charge in [0.05, 0.1) is 5.69 Å². The van der Waals surface area contributed by atoms with Crippen LogP contribution in [0.4, 0.5) is 0 Å². The molecule has 0 fully saturated rings. The molecular formula is C22H29N3O. The summed E-state index contributed by atoms with van der Waals surface area (Å²) in [5, 5.41) is 4.16. The quantitative estimate of drug-likeness (QED) is 0.426. The number of H-pyrrole nitrogens is 1. The van der Waals surface area contributed by atoms with Crippen LogP contribution in [0.1, 0.15) is 40.9 Å². The number of carbonyl (C=O) groups is 1. The van der Waals surface area contributed by atoms with Crippen LogP contribution >= 0.6 is 0 Å². The number of unbranched alkanes of at least 4 members (excludes halogenated alkanes) is 2. The van der Waals surface area contributed by atoms with E-state index in [0.29, 0.717) is 5.69 Å². The molecular weight excluding hydrogens is 322 g/mol. The minimum atomic E-state index is 0.627. The van der Waals surface area contributed by atoms with Gasteiger partial charge in [-0.25, -0.2) is 0 Å². The van der Waals surface area contributed by atoms with Crippen LogP contribution in [0.5, 0.6) is 0 Å². The lowest BCUT2D eigenvalue weighted by Crippen LogP contribution is -2.08. The van der Waals surface area contributed by atoms with Gasteiger partial charge >= 0.3 is 0 Å². The largest absolute Gasteiger partial charge is 0.352 e. The van der Waals surface area contributed by atoms with Crippen LogP contribution in [0.15, 0.2) is 54.6 Å². The van der Waals surface area contributed by atoms with Gasteiger partial charge in [0, 0.05) is 10.9 Å². The average molecular weight is 351 g/mol. The molecule has 26 heavy (non-hydrogen) atoms. The lowest BCUT2D eigenvalue weighted by atomic mass is 10.0. The van der Waals surface area contributed by atoms with Gasteiger partial charge in [0.25, 0.3) is 0 Å². The number of hydrogen-bond donors (Lipinski definition) is 3. The molecule has 0 bridgehead atoms.